The number of sulfonamides is 1. The van der Waals surface area contributed by atoms with Crippen molar-refractivity contribution in [2.24, 2.45) is 23.5 Å². The van der Waals surface area contributed by atoms with Crippen molar-refractivity contribution in [3.05, 3.63) is 42.0 Å². The van der Waals surface area contributed by atoms with Crippen LogP contribution in [0.25, 0.3) is 0 Å². The number of anilines is 1. The molecule has 0 radical (unpaired) electrons. The standard InChI is InChI=1S/C27H39N3O6S/c1-6-19(5)25(28)27(32)29-14-18(4)12-20-8-7-9-22(26(20)31)30(15-17(2)3)37(33,34)21-10-11-23-24(13-21)36-16-35-23/h7-11,13,17-19,25,31H,6,12,14-16,28H2,1-5H3,(H,29,32)/t18?,19-,25+/m0/s1. The van der Waals surface area contributed by atoms with Crippen molar-refractivity contribution in [2.75, 3.05) is 24.2 Å². The van der Waals surface area contributed by atoms with E-state index >= 15 is 0 Å². The average molecular weight is 534 g/mol. The summed E-state index contributed by atoms with van der Waals surface area (Å²) in [5.74, 6) is 0.625. The Morgan fingerprint density at radius 1 is 1.14 bits per heavy atom. The number of rotatable bonds is 12. The van der Waals surface area contributed by atoms with E-state index in [1.807, 2.05) is 34.6 Å². The molecule has 37 heavy (non-hydrogen) atoms. The third-order valence-corrected chi connectivity index (χ3v) is 8.36. The summed E-state index contributed by atoms with van der Waals surface area (Å²) in [4.78, 5) is 12.4. The molecule has 1 unspecified atom stereocenters. The average Bonchev–Trinajstić information content (AvgIpc) is 3.34. The molecule has 1 amide bonds. The van der Waals surface area contributed by atoms with Crippen LogP contribution >= 0.6 is 0 Å². The molecule has 0 bridgehead atoms. The minimum absolute atomic E-state index is 0.00398. The van der Waals surface area contributed by atoms with E-state index in [4.69, 9.17) is 15.2 Å². The second-order valence-electron chi connectivity index (χ2n) is 10.2. The van der Waals surface area contributed by atoms with Crippen LogP contribution in [0, 0.1) is 17.8 Å². The number of para-hydroxylation sites is 1. The van der Waals surface area contributed by atoms with Gasteiger partial charge in [-0.25, -0.2) is 8.42 Å². The van der Waals surface area contributed by atoms with Crippen LogP contribution in [0.4, 0.5) is 5.69 Å². The number of nitrogens with one attached hydrogen (secondary N) is 1. The number of carbonyl (C=O) groups excluding carboxylic acids is 1. The summed E-state index contributed by atoms with van der Waals surface area (Å²) in [6.07, 6.45) is 1.25. The largest absolute Gasteiger partial charge is 0.505 e. The van der Waals surface area contributed by atoms with Crippen LogP contribution in [-0.2, 0) is 21.2 Å². The Morgan fingerprint density at radius 2 is 1.84 bits per heavy atom. The molecule has 2 aromatic carbocycles. The molecule has 204 valence electrons. The predicted molar refractivity (Wildman–Crippen MR) is 143 cm³/mol. The molecule has 3 rings (SSSR count). The second kappa shape index (κ2) is 12.0. The van der Waals surface area contributed by atoms with Crippen LogP contribution in [-0.4, -0.2) is 45.4 Å². The molecule has 1 heterocycles. The van der Waals surface area contributed by atoms with Crippen LogP contribution in [0.1, 0.15) is 46.6 Å². The molecule has 4 N–H and O–H groups in total. The highest BCUT2D eigenvalue weighted by Gasteiger charge is 2.30. The van der Waals surface area contributed by atoms with Crippen LogP contribution in [0.2, 0.25) is 0 Å². The lowest BCUT2D eigenvalue weighted by Crippen LogP contribution is -2.45. The first-order chi connectivity index (χ1) is 17.4. The van der Waals surface area contributed by atoms with Gasteiger partial charge in [0.1, 0.15) is 5.75 Å². The molecule has 1 aliphatic heterocycles. The number of aromatic hydroxyl groups is 1. The number of benzene rings is 2. The van der Waals surface area contributed by atoms with Crippen LogP contribution in [0.5, 0.6) is 17.2 Å². The normalized spacial score (nSPS) is 15.3. The number of carbonyl (C=O) groups is 1. The minimum atomic E-state index is -4.01. The highest BCUT2D eigenvalue weighted by atomic mass is 32.2. The van der Waals surface area contributed by atoms with E-state index in [1.165, 1.54) is 16.4 Å². The number of phenols is 1. The maximum Gasteiger partial charge on any atom is 0.264 e. The van der Waals surface area contributed by atoms with Gasteiger partial charge in [-0.3, -0.25) is 9.10 Å². The summed E-state index contributed by atoms with van der Waals surface area (Å²) < 4.78 is 39.4. The third kappa shape index (κ3) is 6.67. The molecule has 2 aromatic rings. The van der Waals surface area contributed by atoms with Gasteiger partial charge in [0.05, 0.1) is 16.6 Å². The molecule has 0 fully saturated rings. The number of hydrogen-bond acceptors (Lipinski definition) is 7. The molecular weight excluding hydrogens is 494 g/mol. The number of phenolic OH excluding ortho intramolecular Hbond substituents is 1. The highest BCUT2D eigenvalue weighted by Crippen LogP contribution is 2.39. The number of fused-ring (bicyclic) bond motifs is 1. The molecule has 0 saturated heterocycles. The lowest BCUT2D eigenvalue weighted by molar-refractivity contribution is -0.123. The van der Waals surface area contributed by atoms with Crippen molar-refractivity contribution >= 4 is 21.6 Å². The maximum atomic E-state index is 13.7. The van der Waals surface area contributed by atoms with E-state index in [-0.39, 0.29) is 53.3 Å². The summed E-state index contributed by atoms with van der Waals surface area (Å²) in [6, 6.07) is 9.03. The summed E-state index contributed by atoms with van der Waals surface area (Å²) in [5.41, 5.74) is 6.82. The summed E-state index contributed by atoms with van der Waals surface area (Å²) in [7, 11) is -4.01. The zero-order chi connectivity index (χ0) is 27.3. The van der Waals surface area contributed by atoms with E-state index in [1.54, 1.807) is 24.3 Å². The first-order valence-electron chi connectivity index (χ1n) is 12.7. The van der Waals surface area contributed by atoms with Crippen molar-refractivity contribution in [3.63, 3.8) is 0 Å². The van der Waals surface area contributed by atoms with Crippen molar-refractivity contribution in [2.45, 2.75) is 58.4 Å². The number of nitrogens with zero attached hydrogens (tertiary/aromatic N) is 1. The number of hydrogen-bond donors (Lipinski definition) is 3. The van der Waals surface area contributed by atoms with Crippen LogP contribution < -0.4 is 24.8 Å². The van der Waals surface area contributed by atoms with Crippen molar-refractivity contribution < 1.29 is 27.8 Å². The molecule has 0 aromatic heterocycles. The maximum absolute atomic E-state index is 13.7. The van der Waals surface area contributed by atoms with Gasteiger partial charge in [-0.2, -0.15) is 0 Å². The van der Waals surface area contributed by atoms with E-state index in [0.29, 0.717) is 30.0 Å². The van der Waals surface area contributed by atoms with Gasteiger partial charge in [-0.1, -0.05) is 53.2 Å². The fraction of sp³-hybridized carbons (Fsp3) is 0.519. The smallest absolute Gasteiger partial charge is 0.264 e. The molecule has 1 aliphatic rings. The van der Waals surface area contributed by atoms with Gasteiger partial charge in [0.25, 0.3) is 10.0 Å². The van der Waals surface area contributed by atoms with Gasteiger partial charge >= 0.3 is 0 Å². The van der Waals surface area contributed by atoms with E-state index < -0.39 is 16.1 Å². The van der Waals surface area contributed by atoms with Crippen molar-refractivity contribution in [1.29, 1.82) is 0 Å². The topological polar surface area (TPSA) is 131 Å². The molecule has 0 spiro atoms. The summed E-state index contributed by atoms with van der Waals surface area (Å²) in [6.45, 7) is 10.3. The van der Waals surface area contributed by atoms with Gasteiger partial charge in [-0.15, -0.1) is 0 Å². The first-order valence-corrected chi connectivity index (χ1v) is 14.2. The Balaban J connectivity index is 1.83. The minimum Gasteiger partial charge on any atom is -0.505 e. The Morgan fingerprint density at radius 3 is 2.51 bits per heavy atom. The van der Waals surface area contributed by atoms with E-state index in [0.717, 1.165) is 6.42 Å². The quantitative estimate of drug-likeness (QED) is 0.380. The molecular formula is C27H39N3O6S. The molecule has 0 aliphatic carbocycles. The number of ether oxygens (including phenoxy) is 2. The Kier molecular flexibility index (Phi) is 9.31. The van der Waals surface area contributed by atoms with Crippen molar-refractivity contribution in [1.82, 2.24) is 5.32 Å². The Hall–Kier alpha value is -2.98. The fourth-order valence-electron chi connectivity index (χ4n) is 4.12. The summed E-state index contributed by atoms with van der Waals surface area (Å²) in [5, 5.41) is 14.1. The van der Waals surface area contributed by atoms with E-state index in [9.17, 15) is 18.3 Å². The van der Waals surface area contributed by atoms with E-state index in [2.05, 4.69) is 5.32 Å². The summed E-state index contributed by atoms with van der Waals surface area (Å²) >= 11 is 0. The zero-order valence-electron chi connectivity index (χ0n) is 22.2. The SMILES string of the molecule is CC[C@H](C)[C@@H](N)C(=O)NCC(C)Cc1cccc(N(CC(C)C)S(=O)(=O)c2ccc3c(c2)OCO3)c1O. The van der Waals surface area contributed by atoms with Gasteiger partial charge in [0.15, 0.2) is 11.5 Å². The van der Waals surface area contributed by atoms with Crippen LogP contribution in [0.15, 0.2) is 41.3 Å². The van der Waals surface area contributed by atoms with Crippen LogP contribution in [0.3, 0.4) is 0 Å². The Bertz CT molecular complexity index is 1200. The van der Waals surface area contributed by atoms with Gasteiger partial charge in [0.2, 0.25) is 12.7 Å². The van der Waals surface area contributed by atoms with Crippen molar-refractivity contribution in [3.8, 4) is 17.2 Å². The van der Waals surface area contributed by atoms with Gasteiger partial charge < -0.3 is 25.6 Å². The lowest BCUT2D eigenvalue weighted by Gasteiger charge is -2.28. The fourth-order valence-corrected chi connectivity index (χ4v) is 5.77. The number of nitrogens with two attached hydrogens (primary N) is 1. The molecule has 9 nitrogen and oxygen atoms in total. The zero-order valence-corrected chi connectivity index (χ0v) is 23.0. The number of amides is 1. The molecule has 0 saturated carbocycles. The monoisotopic (exact) mass is 533 g/mol. The lowest BCUT2D eigenvalue weighted by atomic mass is 9.97. The molecule has 3 atom stereocenters. The predicted octanol–water partition coefficient (Wildman–Crippen LogP) is 3.64. The third-order valence-electron chi connectivity index (χ3n) is 6.58. The molecule has 10 heteroatoms. The van der Waals surface area contributed by atoms with Gasteiger partial charge in [0, 0.05) is 19.2 Å². The van der Waals surface area contributed by atoms with Gasteiger partial charge in [-0.05, 0) is 47.9 Å². The highest BCUT2D eigenvalue weighted by molar-refractivity contribution is 7.92. The second-order valence-corrected chi connectivity index (χ2v) is 12.1. The first kappa shape index (κ1) is 28.6. The Labute approximate surface area is 220 Å².